The zero-order valence-electron chi connectivity index (χ0n) is 7.76. The van der Waals surface area contributed by atoms with Gasteiger partial charge in [-0.3, -0.25) is 0 Å². The quantitative estimate of drug-likeness (QED) is 0.427. The number of rotatable bonds is 6. The zero-order chi connectivity index (χ0) is 10.3. The molecule has 0 aromatic rings. The van der Waals surface area contributed by atoms with E-state index in [2.05, 4.69) is 15.9 Å². The zero-order valence-corrected chi connectivity index (χ0v) is 10.9. The molecular weight excluding hydrogens is 276 g/mol. The van der Waals surface area contributed by atoms with Gasteiger partial charge in [0, 0.05) is 11.1 Å². The van der Waals surface area contributed by atoms with Crippen LogP contribution < -0.4 is 0 Å². The molecule has 0 heterocycles. The Balaban J connectivity index is 3.57. The molecule has 0 bridgehead atoms. The van der Waals surface area contributed by atoms with Crippen LogP contribution in [0.15, 0.2) is 0 Å². The van der Waals surface area contributed by atoms with Gasteiger partial charge >= 0.3 is 5.97 Å². The van der Waals surface area contributed by atoms with Crippen molar-refractivity contribution in [1.82, 2.24) is 0 Å². The van der Waals surface area contributed by atoms with E-state index in [0.29, 0.717) is 24.2 Å². The Morgan fingerprint density at radius 1 is 1.62 bits per heavy atom. The predicted octanol–water partition coefficient (Wildman–Crippen LogP) is 3.02. The summed E-state index contributed by atoms with van der Waals surface area (Å²) in [4.78, 5) is 11.2. The lowest BCUT2D eigenvalue weighted by molar-refractivity contribution is -0.141. The van der Waals surface area contributed by atoms with E-state index < -0.39 is 0 Å². The number of hydrogen-bond donors (Lipinski definition) is 0. The first-order valence-corrected chi connectivity index (χ1v) is 6.49. The van der Waals surface area contributed by atoms with Crippen molar-refractivity contribution >= 4 is 45.3 Å². The third kappa shape index (κ3) is 7.65. The molecule has 0 saturated heterocycles. The summed E-state index contributed by atoms with van der Waals surface area (Å²) < 4.78 is 4.69. The van der Waals surface area contributed by atoms with Crippen LogP contribution in [-0.4, -0.2) is 27.9 Å². The van der Waals surface area contributed by atoms with Crippen molar-refractivity contribution in [3.05, 3.63) is 0 Å². The molecule has 0 amide bonds. The lowest BCUT2D eigenvalue weighted by atomic mass is 10.5. The summed E-state index contributed by atoms with van der Waals surface area (Å²) in [5, 5.41) is 0.407. The largest absolute Gasteiger partial charge is 0.464 e. The van der Waals surface area contributed by atoms with Crippen LogP contribution in [0, 0.1) is 0 Å². The summed E-state index contributed by atoms with van der Waals surface area (Å²) in [6.45, 7) is 4.47. The van der Waals surface area contributed by atoms with E-state index in [1.807, 2.05) is 13.8 Å². The van der Waals surface area contributed by atoms with E-state index in [4.69, 9.17) is 16.3 Å². The molecule has 1 atom stereocenters. The molecule has 0 radical (unpaired) electrons. The van der Waals surface area contributed by atoms with Gasteiger partial charge in [-0.1, -0.05) is 29.8 Å². The summed E-state index contributed by atoms with van der Waals surface area (Å²) in [6.07, 6.45) is 0.708. The minimum atomic E-state index is -0.261. The number of thioether (sulfide) groups is 1. The maximum Gasteiger partial charge on any atom is 0.330 e. The highest BCUT2D eigenvalue weighted by molar-refractivity contribution is 9.11. The van der Waals surface area contributed by atoms with Crippen LogP contribution in [0.3, 0.4) is 0 Å². The maximum atomic E-state index is 11.2. The van der Waals surface area contributed by atoms with Gasteiger partial charge in [0.2, 0.25) is 0 Å². The van der Waals surface area contributed by atoms with E-state index in [0.717, 1.165) is 0 Å². The van der Waals surface area contributed by atoms with Crippen LogP contribution >= 0.6 is 39.3 Å². The lowest BCUT2D eigenvalue weighted by Crippen LogP contribution is -2.16. The molecule has 0 aliphatic carbocycles. The molecule has 13 heavy (non-hydrogen) atoms. The Morgan fingerprint density at radius 2 is 2.23 bits per heavy atom. The van der Waals surface area contributed by atoms with Crippen LogP contribution in [0.25, 0.3) is 0 Å². The second-order valence-electron chi connectivity index (χ2n) is 2.71. The number of alkyl halides is 2. The number of ether oxygens (including phenoxy) is 1. The standard InChI is InChI=1S/C8H14BrClO2S/c1-6(2)13-7(9)8(11)12-5-3-4-10/h6-7H,3-5H2,1-2H3. The van der Waals surface area contributed by atoms with Gasteiger partial charge in [-0.05, 0) is 6.42 Å². The molecule has 0 aliphatic heterocycles. The van der Waals surface area contributed by atoms with Gasteiger partial charge in [0.15, 0.2) is 4.16 Å². The van der Waals surface area contributed by atoms with Crippen molar-refractivity contribution in [2.24, 2.45) is 0 Å². The molecule has 0 aromatic heterocycles. The molecule has 0 spiro atoms. The van der Waals surface area contributed by atoms with Crippen molar-refractivity contribution < 1.29 is 9.53 Å². The Bertz CT molecular complexity index is 155. The van der Waals surface area contributed by atoms with E-state index in [9.17, 15) is 4.79 Å². The van der Waals surface area contributed by atoms with Gasteiger partial charge in [-0.2, -0.15) is 0 Å². The summed E-state index contributed by atoms with van der Waals surface area (Å²) in [5.41, 5.74) is 0. The van der Waals surface area contributed by atoms with Crippen molar-refractivity contribution in [1.29, 1.82) is 0 Å². The lowest BCUT2D eigenvalue weighted by Gasteiger charge is -2.11. The molecule has 0 N–H and O–H groups in total. The van der Waals surface area contributed by atoms with E-state index in [1.165, 1.54) is 11.8 Å². The second-order valence-corrected chi connectivity index (χ2v) is 6.30. The SMILES string of the molecule is CC(C)SC(Br)C(=O)OCCCCl. The maximum absolute atomic E-state index is 11.2. The van der Waals surface area contributed by atoms with Crippen molar-refractivity contribution in [3.63, 3.8) is 0 Å². The van der Waals surface area contributed by atoms with Crippen LogP contribution in [0.1, 0.15) is 20.3 Å². The monoisotopic (exact) mass is 288 g/mol. The van der Waals surface area contributed by atoms with E-state index in [1.54, 1.807) is 0 Å². The van der Waals surface area contributed by atoms with Gasteiger partial charge in [0.1, 0.15) is 0 Å². The first-order valence-electron chi connectivity index (χ1n) is 4.10. The Kier molecular flexibility index (Phi) is 8.31. The molecule has 0 aliphatic rings. The van der Waals surface area contributed by atoms with Crippen LogP contribution in [0.5, 0.6) is 0 Å². The summed E-state index contributed by atoms with van der Waals surface area (Å²) in [5.74, 6) is 0.307. The molecule has 0 saturated carbocycles. The molecule has 78 valence electrons. The average Bonchev–Trinajstić information content (AvgIpc) is 2.03. The topological polar surface area (TPSA) is 26.3 Å². The van der Waals surface area contributed by atoms with E-state index in [-0.39, 0.29) is 10.1 Å². The summed E-state index contributed by atoms with van der Waals surface area (Å²) >= 11 is 10.2. The highest BCUT2D eigenvalue weighted by Gasteiger charge is 2.17. The first-order chi connectivity index (χ1) is 6.07. The fraction of sp³-hybridized carbons (Fsp3) is 0.875. The van der Waals surface area contributed by atoms with Crippen molar-refractivity contribution in [3.8, 4) is 0 Å². The summed E-state index contributed by atoms with van der Waals surface area (Å²) in [7, 11) is 0. The third-order valence-electron chi connectivity index (χ3n) is 1.10. The molecule has 5 heteroatoms. The number of halogens is 2. The van der Waals surface area contributed by atoms with E-state index >= 15 is 0 Å². The highest BCUT2D eigenvalue weighted by atomic mass is 79.9. The Labute approximate surface area is 96.9 Å². The van der Waals surface area contributed by atoms with Crippen molar-refractivity contribution in [2.45, 2.75) is 29.7 Å². The second kappa shape index (κ2) is 7.94. The van der Waals surface area contributed by atoms with Gasteiger partial charge in [-0.15, -0.1) is 23.4 Å². The molecule has 2 nitrogen and oxygen atoms in total. The predicted molar refractivity (Wildman–Crippen MR) is 61.7 cm³/mol. The fourth-order valence-electron chi connectivity index (χ4n) is 0.587. The van der Waals surface area contributed by atoms with Crippen LogP contribution in [-0.2, 0) is 9.53 Å². The number of esters is 1. The molecule has 1 unspecified atom stereocenters. The molecule has 0 rings (SSSR count). The normalized spacial score (nSPS) is 13.0. The minimum Gasteiger partial charge on any atom is -0.464 e. The van der Waals surface area contributed by atoms with Crippen LogP contribution in [0.4, 0.5) is 0 Å². The number of hydrogen-bond acceptors (Lipinski definition) is 3. The Morgan fingerprint density at radius 3 is 2.69 bits per heavy atom. The first kappa shape index (κ1) is 13.6. The smallest absolute Gasteiger partial charge is 0.330 e. The van der Waals surface area contributed by atoms with Gasteiger partial charge in [0.25, 0.3) is 0 Å². The van der Waals surface area contributed by atoms with Gasteiger partial charge < -0.3 is 4.74 Å². The fourth-order valence-corrected chi connectivity index (χ4v) is 2.78. The van der Waals surface area contributed by atoms with Crippen LogP contribution in [0.2, 0.25) is 0 Å². The minimum absolute atomic E-state index is 0.219. The molecule has 0 fully saturated rings. The van der Waals surface area contributed by atoms with Gasteiger partial charge in [-0.25, -0.2) is 4.79 Å². The van der Waals surface area contributed by atoms with Gasteiger partial charge in [0.05, 0.1) is 6.61 Å². The third-order valence-corrected chi connectivity index (χ3v) is 3.36. The Hall–Kier alpha value is 0.590. The average molecular weight is 290 g/mol. The number of carbonyl (C=O) groups excluding carboxylic acids is 1. The highest BCUT2D eigenvalue weighted by Crippen LogP contribution is 2.23. The van der Waals surface area contributed by atoms with Crippen molar-refractivity contribution in [2.75, 3.05) is 12.5 Å². The molecular formula is C8H14BrClO2S. The summed E-state index contributed by atoms with van der Waals surface area (Å²) in [6, 6.07) is 0. The molecule has 0 aromatic carbocycles. The number of carbonyl (C=O) groups is 1.